The number of benzene rings is 2. The van der Waals surface area contributed by atoms with Gasteiger partial charge in [-0.15, -0.1) is 0 Å². The van der Waals surface area contributed by atoms with Crippen molar-refractivity contribution in [1.82, 2.24) is 15.2 Å². The summed E-state index contributed by atoms with van der Waals surface area (Å²) in [5.74, 6) is -0.553. The van der Waals surface area contributed by atoms with Gasteiger partial charge in [0.1, 0.15) is 10.7 Å². The van der Waals surface area contributed by atoms with Crippen LogP contribution in [0.25, 0.3) is 4.91 Å². The molecule has 1 N–H and O–H groups in total. The second-order valence-corrected chi connectivity index (χ2v) is 7.67. The normalized spacial score (nSPS) is 11.4. The molecule has 0 aliphatic heterocycles. The molecule has 2 aromatic carbocycles. The van der Waals surface area contributed by atoms with Gasteiger partial charge in [0, 0.05) is 24.8 Å². The third-order valence-electron chi connectivity index (χ3n) is 4.65. The highest BCUT2D eigenvalue weighted by atomic mass is 32.2. The van der Waals surface area contributed by atoms with E-state index in [2.05, 4.69) is 10.3 Å². The van der Waals surface area contributed by atoms with Gasteiger partial charge < -0.3 is 10.2 Å². The zero-order chi connectivity index (χ0) is 22.1. The van der Waals surface area contributed by atoms with Crippen molar-refractivity contribution < 1.29 is 9.59 Å². The summed E-state index contributed by atoms with van der Waals surface area (Å²) in [6.45, 7) is 4.92. The van der Waals surface area contributed by atoms with Crippen LogP contribution in [0.3, 0.4) is 0 Å². The zero-order valence-electron chi connectivity index (χ0n) is 17.6. The second-order valence-electron chi connectivity index (χ2n) is 6.64. The topological polar surface area (TPSA) is 62.3 Å². The largest absolute Gasteiger partial charge is 0.338 e. The first kappa shape index (κ1) is 22.3. The van der Waals surface area contributed by atoms with Gasteiger partial charge in [-0.3, -0.25) is 9.59 Å². The van der Waals surface area contributed by atoms with Gasteiger partial charge in [0.25, 0.3) is 11.8 Å². The maximum Gasteiger partial charge on any atom is 0.271 e. The van der Waals surface area contributed by atoms with E-state index in [1.165, 1.54) is 11.8 Å². The van der Waals surface area contributed by atoms with Crippen LogP contribution in [0.2, 0.25) is 0 Å². The first-order valence-corrected chi connectivity index (χ1v) is 11.0. The van der Waals surface area contributed by atoms with E-state index < -0.39 is 0 Å². The third-order valence-corrected chi connectivity index (χ3v) is 5.74. The molecule has 158 valence electrons. The van der Waals surface area contributed by atoms with Crippen LogP contribution in [-0.2, 0) is 4.79 Å². The summed E-state index contributed by atoms with van der Waals surface area (Å²) >= 11 is 1.36. The average molecular weight is 432 g/mol. The number of hydrogen-bond donors (Lipinski definition) is 1. The minimum Gasteiger partial charge on any atom is -0.338 e. The quantitative estimate of drug-likeness (QED) is 0.409. The molecule has 0 bridgehead atoms. The Bertz CT molecular complexity index is 1030. The van der Waals surface area contributed by atoms with E-state index in [0.29, 0.717) is 23.6 Å². The smallest absolute Gasteiger partial charge is 0.271 e. The molecular weight excluding hydrogens is 406 g/mol. The Morgan fingerprint density at radius 3 is 1.97 bits per heavy atom. The van der Waals surface area contributed by atoms with Gasteiger partial charge in [0.15, 0.2) is 0 Å². The summed E-state index contributed by atoms with van der Waals surface area (Å²) in [6, 6.07) is 24.1. The Balaban J connectivity index is 2.13. The molecule has 0 fully saturated rings. The molecule has 5 nitrogen and oxygen atoms in total. The first-order valence-electron chi connectivity index (χ1n) is 10.2. The van der Waals surface area contributed by atoms with Crippen molar-refractivity contribution in [3.05, 3.63) is 102 Å². The van der Waals surface area contributed by atoms with Crippen molar-refractivity contribution in [2.24, 2.45) is 0 Å². The molecule has 0 radical (unpaired) electrons. The molecule has 0 atom stereocenters. The monoisotopic (exact) mass is 431 g/mol. The molecule has 0 aliphatic rings. The zero-order valence-corrected chi connectivity index (χ0v) is 18.4. The van der Waals surface area contributed by atoms with E-state index in [-0.39, 0.29) is 17.5 Å². The number of carbonyl (C=O) groups excluding carboxylic acids is 2. The lowest BCUT2D eigenvalue weighted by molar-refractivity contribution is -0.127. The van der Waals surface area contributed by atoms with Crippen LogP contribution in [0.5, 0.6) is 0 Å². The molecule has 0 saturated heterocycles. The predicted molar refractivity (Wildman–Crippen MR) is 125 cm³/mol. The summed E-state index contributed by atoms with van der Waals surface area (Å²) in [6.07, 6.45) is 1.71. The summed E-state index contributed by atoms with van der Waals surface area (Å²) in [5, 5.41) is 3.64. The van der Waals surface area contributed by atoms with Gasteiger partial charge in [0.2, 0.25) is 0 Å². The number of nitrogens with zero attached hydrogens (tertiary/aromatic N) is 2. The number of pyridine rings is 1. The minimum absolute atomic E-state index is 0.225. The average Bonchev–Trinajstić information content (AvgIpc) is 2.83. The lowest BCUT2D eigenvalue weighted by Gasteiger charge is -2.23. The van der Waals surface area contributed by atoms with E-state index in [4.69, 9.17) is 0 Å². The molecular formula is C25H25N3O2S. The number of likely N-dealkylation sites (N-methyl/N-ethyl adjacent to an activating group) is 1. The Morgan fingerprint density at radius 2 is 1.42 bits per heavy atom. The van der Waals surface area contributed by atoms with Gasteiger partial charge >= 0.3 is 0 Å². The molecule has 0 unspecified atom stereocenters. The Hall–Kier alpha value is -3.38. The van der Waals surface area contributed by atoms with E-state index in [0.717, 1.165) is 10.6 Å². The van der Waals surface area contributed by atoms with Crippen LogP contribution in [-0.4, -0.2) is 34.8 Å². The van der Waals surface area contributed by atoms with Gasteiger partial charge in [-0.2, -0.15) is 0 Å². The number of rotatable bonds is 8. The van der Waals surface area contributed by atoms with Crippen molar-refractivity contribution in [2.75, 3.05) is 13.1 Å². The molecule has 0 saturated carbocycles. The van der Waals surface area contributed by atoms with E-state index in [1.54, 1.807) is 35.4 Å². The third kappa shape index (κ3) is 5.83. The molecule has 0 spiro atoms. The van der Waals surface area contributed by atoms with Crippen LogP contribution in [0.1, 0.15) is 29.8 Å². The fraction of sp³-hybridized carbons (Fsp3) is 0.160. The molecule has 3 rings (SSSR count). The lowest BCUT2D eigenvalue weighted by Crippen LogP contribution is -2.38. The number of carbonyl (C=O) groups is 2. The fourth-order valence-electron chi connectivity index (χ4n) is 3.01. The Kier molecular flexibility index (Phi) is 8.01. The van der Waals surface area contributed by atoms with Gasteiger partial charge in [-0.25, -0.2) is 4.98 Å². The molecule has 31 heavy (non-hydrogen) atoms. The summed E-state index contributed by atoms with van der Waals surface area (Å²) in [5.41, 5.74) is 1.57. The van der Waals surface area contributed by atoms with Crippen molar-refractivity contribution in [1.29, 1.82) is 0 Å². The van der Waals surface area contributed by atoms with Crippen LogP contribution in [0, 0.1) is 0 Å². The maximum atomic E-state index is 13.5. The first-order chi connectivity index (χ1) is 15.1. The van der Waals surface area contributed by atoms with Crippen molar-refractivity contribution in [3.8, 4) is 0 Å². The van der Waals surface area contributed by atoms with E-state index in [1.807, 2.05) is 68.4 Å². The highest BCUT2D eigenvalue weighted by Gasteiger charge is 2.24. The van der Waals surface area contributed by atoms with Crippen LogP contribution < -0.4 is 5.32 Å². The van der Waals surface area contributed by atoms with E-state index >= 15 is 0 Å². The highest BCUT2D eigenvalue weighted by molar-refractivity contribution is 8.08. The lowest BCUT2D eigenvalue weighted by atomic mass is 10.1. The molecule has 1 aromatic heterocycles. The van der Waals surface area contributed by atoms with Gasteiger partial charge in [-0.1, -0.05) is 66.4 Å². The minimum atomic E-state index is -0.328. The summed E-state index contributed by atoms with van der Waals surface area (Å²) in [7, 11) is 0. The molecule has 2 amide bonds. The summed E-state index contributed by atoms with van der Waals surface area (Å²) in [4.78, 5) is 33.3. The standard InChI is InChI=1S/C25H25N3O2S/c1-3-28(4-2)25(30)22(27-24(29)20-15-9-6-10-16-20)23(19-13-7-5-8-14-19)31-21-17-11-12-18-26-21/h5-18H,3-4H2,1-2H3,(H,27,29). The number of thioether (sulfide) groups is 1. The molecule has 0 aliphatic carbocycles. The highest BCUT2D eigenvalue weighted by Crippen LogP contribution is 2.35. The van der Waals surface area contributed by atoms with Gasteiger partial charge in [-0.05, 0) is 43.7 Å². The number of aromatic nitrogens is 1. The van der Waals surface area contributed by atoms with Crippen molar-refractivity contribution in [2.45, 2.75) is 18.9 Å². The number of amides is 2. The maximum absolute atomic E-state index is 13.5. The molecule has 1 heterocycles. The Labute approximate surface area is 187 Å². The van der Waals surface area contributed by atoms with Crippen LogP contribution in [0.15, 0.2) is 95.8 Å². The predicted octanol–water partition coefficient (Wildman–Crippen LogP) is 4.84. The van der Waals surface area contributed by atoms with E-state index in [9.17, 15) is 9.59 Å². The number of nitrogens with one attached hydrogen (secondary N) is 1. The second kappa shape index (κ2) is 11.1. The molecule has 6 heteroatoms. The fourth-order valence-corrected chi connectivity index (χ4v) is 3.97. The molecule has 3 aromatic rings. The Morgan fingerprint density at radius 1 is 0.839 bits per heavy atom. The van der Waals surface area contributed by atoms with Crippen molar-refractivity contribution >= 4 is 28.5 Å². The van der Waals surface area contributed by atoms with Crippen LogP contribution in [0.4, 0.5) is 0 Å². The van der Waals surface area contributed by atoms with Crippen LogP contribution >= 0.6 is 11.8 Å². The SMILES string of the molecule is CCN(CC)C(=O)C(NC(=O)c1ccccc1)=C(Sc1ccccn1)c1ccccc1. The summed E-state index contributed by atoms with van der Waals surface area (Å²) < 4.78 is 0. The van der Waals surface area contributed by atoms with Gasteiger partial charge in [0.05, 0.1) is 4.91 Å². The number of hydrogen-bond acceptors (Lipinski definition) is 4. The van der Waals surface area contributed by atoms with Crippen molar-refractivity contribution in [3.63, 3.8) is 0 Å².